The van der Waals surface area contributed by atoms with Crippen LogP contribution >= 0.6 is 7.60 Å². The Labute approximate surface area is 81.6 Å². The molecule has 0 radical (unpaired) electrons. The van der Waals surface area contributed by atoms with Gasteiger partial charge in [-0.2, -0.15) is 0 Å². The van der Waals surface area contributed by atoms with E-state index in [2.05, 4.69) is 0 Å². The quantitative estimate of drug-likeness (QED) is 0.390. The Bertz CT molecular complexity index is 294. The molecule has 14 heavy (non-hydrogen) atoms. The SMILES string of the molecule is C/C(=C\C(N)C(=O)O)C(C)P(=O)(O)O. The van der Waals surface area contributed by atoms with E-state index in [4.69, 9.17) is 20.6 Å². The average molecular weight is 223 g/mol. The van der Waals surface area contributed by atoms with Gasteiger partial charge in [0.2, 0.25) is 0 Å². The van der Waals surface area contributed by atoms with Crippen LogP contribution in [0.4, 0.5) is 0 Å². The average Bonchev–Trinajstić information content (AvgIpc) is 2.00. The molecule has 0 amide bonds. The monoisotopic (exact) mass is 223 g/mol. The molecular weight excluding hydrogens is 209 g/mol. The minimum absolute atomic E-state index is 0.272. The van der Waals surface area contributed by atoms with Crippen LogP contribution in [0.25, 0.3) is 0 Å². The van der Waals surface area contributed by atoms with Crippen molar-refractivity contribution in [3.8, 4) is 0 Å². The van der Waals surface area contributed by atoms with Crippen LogP contribution in [0, 0.1) is 0 Å². The minimum atomic E-state index is -4.22. The number of carboxylic acid groups (broad SMARTS) is 1. The molecule has 0 fully saturated rings. The highest BCUT2D eigenvalue weighted by atomic mass is 31.2. The van der Waals surface area contributed by atoms with Crippen LogP contribution in [-0.4, -0.2) is 32.6 Å². The summed E-state index contributed by atoms with van der Waals surface area (Å²) in [5.41, 5.74) is 4.43. The lowest BCUT2D eigenvalue weighted by Gasteiger charge is -2.14. The molecule has 0 aliphatic heterocycles. The summed E-state index contributed by atoms with van der Waals surface area (Å²) in [5, 5.41) is 8.45. The molecule has 0 aromatic carbocycles. The molecule has 0 heterocycles. The number of rotatable bonds is 4. The van der Waals surface area contributed by atoms with Gasteiger partial charge in [-0.15, -0.1) is 0 Å². The van der Waals surface area contributed by atoms with Crippen LogP contribution in [-0.2, 0) is 9.36 Å². The molecule has 0 rings (SSSR count). The number of carboxylic acids is 1. The van der Waals surface area contributed by atoms with Gasteiger partial charge in [0, 0.05) is 0 Å². The van der Waals surface area contributed by atoms with Crippen molar-refractivity contribution in [2.75, 3.05) is 0 Å². The van der Waals surface area contributed by atoms with Gasteiger partial charge in [0.1, 0.15) is 6.04 Å². The van der Waals surface area contributed by atoms with Crippen molar-refractivity contribution >= 4 is 13.6 Å². The van der Waals surface area contributed by atoms with Crippen LogP contribution in [0.3, 0.4) is 0 Å². The highest BCUT2D eigenvalue weighted by Crippen LogP contribution is 2.44. The summed E-state index contributed by atoms with van der Waals surface area (Å²) < 4.78 is 10.8. The van der Waals surface area contributed by atoms with E-state index in [1.807, 2.05) is 0 Å². The topological polar surface area (TPSA) is 121 Å². The summed E-state index contributed by atoms with van der Waals surface area (Å²) in [7, 11) is -4.22. The van der Waals surface area contributed by atoms with Crippen LogP contribution in [0.15, 0.2) is 11.6 Å². The third-order valence-electron chi connectivity index (χ3n) is 1.89. The molecule has 5 N–H and O–H groups in total. The van der Waals surface area contributed by atoms with Gasteiger partial charge < -0.3 is 20.6 Å². The van der Waals surface area contributed by atoms with E-state index in [1.165, 1.54) is 13.8 Å². The number of carbonyl (C=O) groups is 1. The van der Waals surface area contributed by atoms with Crippen molar-refractivity contribution in [1.29, 1.82) is 0 Å². The summed E-state index contributed by atoms with van der Waals surface area (Å²) in [6, 6.07) is -1.23. The smallest absolute Gasteiger partial charge is 0.332 e. The van der Waals surface area contributed by atoms with E-state index in [1.54, 1.807) is 0 Å². The Kier molecular flexibility index (Phi) is 4.48. The molecular formula is C7H14NO5P. The Balaban J connectivity index is 4.70. The number of hydrogen-bond donors (Lipinski definition) is 4. The predicted octanol–water partition coefficient (Wildman–Crippen LogP) is -0.0892. The van der Waals surface area contributed by atoms with Crippen LogP contribution in [0.5, 0.6) is 0 Å². The predicted molar refractivity (Wildman–Crippen MR) is 50.9 cm³/mol. The first-order chi connectivity index (χ1) is 6.16. The first-order valence-corrected chi connectivity index (χ1v) is 5.56. The molecule has 0 aromatic rings. The Morgan fingerprint density at radius 2 is 1.93 bits per heavy atom. The zero-order valence-electron chi connectivity index (χ0n) is 7.91. The highest BCUT2D eigenvalue weighted by molar-refractivity contribution is 7.52. The van der Waals surface area contributed by atoms with Crippen molar-refractivity contribution < 1.29 is 24.3 Å². The van der Waals surface area contributed by atoms with E-state index in [9.17, 15) is 9.36 Å². The summed E-state index contributed by atoms with van der Waals surface area (Å²) in [6.07, 6.45) is 1.13. The van der Waals surface area contributed by atoms with Crippen molar-refractivity contribution in [2.45, 2.75) is 25.5 Å². The third kappa shape index (κ3) is 4.02. The van der Waals surface area contributed by atoms with Gasteiger partial charge in [0.25, 0.3) is 0 Å². The zero-order valence-corrected chi connectivity index (χ0v) is 8.81. The molecule has 6 nitrogen and oxygen atoms in total. The fourth-order valence-corrected chi connectivity index (χ4v) is 1.38. The number of aliphatic carboxylic acids is 1. The van der Waals surface area contributed by atoms with E-state index < -0.39 is 25.3 Å². The Morgan fingerprint density at radius 3 is 2.21 bits per heavy atom. The molecule has 7 heteroatoms. The Hall–Kier alpha value is -0.680. The molecule has 0 aliphatic rings. The number of nitrogens with two attached hydrogens (primary N) is 1. The second-order valence-electron chi connectivity index (χ2n) is 3.04. The van der Waals surface area contributed by atoms with Gasteiger partial charge in [0.15, 0.2) is 0 Å². The second kappa shape index (κ2) is 4.70. The lowest BCUT2D eigenvalue weighted by molar-refractivity contribution is -0.137. The molecule has 0 saturated heterocycles. The van der Waals surface area contributed by atoms with Gasteiger partial charge in [-0.05, 0) is 13.8 Å². The second-order valence-corrected chi connectivity index (χ2v) is 4.99. The highest BCUT2D eigenvalue weighted by Gasteiger charge is 2.26. The third-order valence-corrected chi connectivity index (χ3v) is 3.31. The van der Waals surface area contributed by atoms with Crippen LogP contribution in [0.1, 0.15) is 13.8 Å². The summed E-state index contributed by atoms with van der Waals surface area (Å²) in [4.78, 5) is 27.9. The standard InChI is InChI=1S/C7H14NO5P/c1-4(3-6(8)7(9)10)5(2)14(11,12)13/h3,5-6H,8H2,1-2H3,(H,9,10)(H2,11,12,13)/b4-3+. The van der Waals surface area contributed by atoms with E-state index in [0.29, 0.717) is 0 Å². The maximum Gasteiger partial charge on any atom is 0.332 e. The first kappa shape index (κ1) is 13.3. The summed E-state index contributed by atoms with van der Waals surface area (Å²) in [6.45, 7) is 2.76. The molecule has 82 valence electrons. The van der Waals surface area contributed by atoms with Gasteiger partial charge in [-0.3, -0.25) is 9.36 Å². The molecule has 2 unspecified atom stereocenters. The normalized spacial score (nSPS) is 17.6. The molecule has 0 aromatic heterocycles. The fraction of sp³-hybridized carbons (Fsp3) is 0.571. The summed E-state index contributed by atoms with van der Waals surface area (Å²) in [5.74, 6) is -1.23. The lowest BCUT2D eigenvalue weighted by atomic mass is 10.1. The molecule has 0 bridgehead atoms. The van der Waals surface area contributed by atoms with E-state index in [-0.39, 0.29) is 5.57 Å². The van der Waals surface area contributed by atoms with Crippen molar-refractivity contribution in [2.24, 2.45) is 5.73 Å². The first-order valence-electron chi connectivity index (χ1n) is 3.88. The molecule has 0 aliphatic carbocycles. The van der Waals surface area contributed by atoms with E-state index >= 15 is 0 Å². The minimum Gasteiger partial charge on any atom is -0.480 e. The van der Waals surface area contributed by atoms with Crippen molar-refractivity contribution in [3.05, 3.63) is 11.6 Å². The van der Waals surface area contributed by atoms with Crippen LogP contribution in [0.2, 0.25) is 0 Å². The van der Waals surface area contributed by atoms with Crippen molar-refractivity contribution in [1.82, 2.24) is 0 Å². The van der Waals surface area contributed by atoms with Gasteiger partial charge in [-0.25, -0.2) is 0 Å². The van der Waals surface area contributed by atoms with E-state index in [0.717, 1.165) is 6.08 Å². The lowest BCUT2D eigenvalue weighted by Crippen LogP contribution is -2.28. The maximum atomic E-state index is 10.8. The molecule has 0 spiro atoms. The number of hydrogen-bond acceptors (Lipinski definition) is 3. The zero-order chi connectivity index (χ0) is 11.5. The van der Waals surface area contributed by atoms with Gasteiger partial charge in [0.05, 0.1) is 5.66 Å². The van der Waals surface area contributed by atoms with Gasteiger partial charge >= 0.3 is 13.6 Å². The summed E-state index contributed by atoms with van der Waals surface area (Å²) >= 11 is 0. The largest absolute Gasteiger partial charge is 0.480 e. The van der Waals surface area contributed by atoms with Gasteiger partial charge in [-0.1, -0.05) is 11.6 Å². The number of allylic oxidation sites excluding steroid dienone is 1. The molecule has 0 saturated carbocycles. The van der Waals surface area contributed by atoms with Crippen molar-refractivity contribution in [3.63, 3.8) is 0 Å². The maximum absolute atomic E-state index is 10.8. The molecule has 2 atom stereocenters. The van der Waals surface area contributed by atoms with Crippen LogP contribution < -0.4 is 5.73 Å². The fourth-order valence-electron chi connectivity index (χ4n) is 0.759. The Morgan fingerprint density at radius 1 is 1.50 bits per heavy atom.